The molecule has 1 aromatic carbocycles. The van der Waals surface area contributed by atoms with Gasteiger partial charge in [0.2, 0.25) is 11.7 Å². The summed E-state index contributed by atoms with van der Waals surface area (Å²) in [7, 11) is 1.62. The lowest BCUT2D eigenvalue weighted by Gasteiger charge is -2.27. The molecule has 0 bridgehead atoms. The van der Waals surface area contributed by atoms with Crippen molar-refractivity contribution in [2.24, 2.45) is 0 Å². The monoisotopic (exact) mass is 472 g/mol. The molecular weight excluding hydrogens is 448 g/mol. The molecule has 1 saturated heterocycles. The number of benzene rings is 1. The summed E-state index contributed by atoms with van der Waals surface area (Å²) in [4.78, 5) is 25.0. The number of ether oxygens (including phenoxy) is 2. The van der Waals surface area contributed by atoms with Gasteiger partial charge in [-0.15, -0.1) is 0 Å². The van der Waals surface area contributed by atoms with Crippen molar-refractivity contribution in [1.29, 1.82) is 0 Å². The Hall–Kier alpha value is -2.79. The molecule has 0 radical (unpaired) electrons. The zero-order valence-electron chi connectivity index (χ0n) is 18.5. The van der Waals surface area contributed by atoms with E-state index in [4.69, 9.17) is 25.6 Å². The summed E-state index contributed by atoms with van der Waals surface area (Å²) in [5.41, 5.74) is 2.18. The lowest BCUT2D eigenvalue weighted by Crippen LogP contribution is -2.39. The SMILES string of the molecule is COCC(C)c1nc(-c2ncn3c2c(=O)n(CCN2CCOCC2)c2cc(Cl)ccc23)no1. The van der Waals surface area contributed by atoms with Gasteiger partial charge in [0.25, 0.3) is 5.56 Å². The quantitative estimate of drug-likeness (QED) is 0.404. The lowest BCUT2D eigenvalue weighted by molar-refractivity contribution is 0.0364. The molecule has 3 aromatic heterocycles. The van der Waals surface area contributed by atoms with Gasteiger partial charge < -0.3 is 18.6 Å². The number of hydrogen-bond donors (Lipinski definition) is 0. The normalized spacial score (nSPS) is 16.1. The van der Waals surface area contributed by atoms with Crippen LogP contribution >= 0.6 is 11.6 Å². The van der Waals surface area contributed by atoms with Crippen LogP contribution in [-0.4, -0.2) is 75.6 Å². The van der Waals surface area contributed by atoms with Crippen LogP contribution in [0.15, 0.2) is 33.8 Å². The first-order valence-corrected chi connectivity index (χ1v) is 11.3. The Labute approximate surface area is 194 Å². The van der Waals surface area contributed by atoms with Crippen molar-refractivity contribution in [3.63, 3.8) is 0 Å². The summed E-state index contributed by atoms with van der Waals surface area (Å²) in [5, 5.41) is 4.65. The van der Waals surface area contributed by atoms with Crippen LogP contribution in [0.3, 0.4) is 0 Å². The fourth-order valence-corrected chi connectivity index (χ4v) is 4.36. The van der Waals surface area contributed by atoms with Crippen LogP contribution < -0.4 is 5.56 Å². The predicted molar refractivity (Wildman–Crippen MR) is 123 cm³/mol. The van der Waals surface area contributed by atoms with Crippen LogP contribution in [0, 0.1) is 0 Å². The minimum atomic E-state index is -0.179. The number of aromatic nitrogens is 5. The smallest absolute Gasteiger partial charge is 0.277 e. The summed E-state index contributed by atoms with van der Waals surface area (Å²) in [6.07, 6.45) is 1.61. The highest BCUT2D eigenvalue weighted by Crippen LogP contribution is 2.25. The van der Waals surface area contributed by atoms with Crippen molar-refractivity contribution in [2.75, 3.05) is 46.6 Å². The first kappa shape index (κ1) is 22.0. The largest absolute Gasteiger partial charge is 0.384 e. The van der Waals surface area contributed by atoms with Crippen molar-refractivity contribution < 1.29 is 14.0 Å². The molecule has 1 atom stereocenters. The maximum absolute atomic E-state index is 13.7. The Bertz CT molecular complexity index is 1340. The number of fused-ring (bicyclic) bond motifs is 3. The average Bonchev–Trinajstić information content (AvgIpc) is 3.47. The van der Waals surface area contributed by atoms with Crippen LogP contribution in [0.5, 0.6) is 0 Å². The van der Waals surface area contributed by atoms with E-state index in [1.54, 1.807) is 28.5 Å². The number of nitrogens with zero attached hydrogens (tertiary/aromatic N) is 6. The van der Waals surface area contributed by atoms with Gasteiger partial charge in [0.1, 0.15) is 17.5 Å². The highest BCUT2D eigenvalue weighted by atomic mass is 35.5. The topological polar surface area (TPSA) is 99.9 Å². The predicted octanol–water partition coefficient (Wildman–Crippen LogP) is 2.43. The van der Waals surface area contributed by atoms with Gasteiger partial charge in [-0.05, 0) is 18.2 Å². The van der Waals surface area contributed by atoms with E-state index < -0.39 is 0 Å². The van der Waals surface area contributed by atoms with Gasteiger partial charge in [-0.3, -0.25) is 14.1 Å². The molecule has 0 amide bonds. The van der Waals surface area contributed by atoms with Crippen LogP contribution in [0.25, 0.3) is 28.1 Å². The Balaban J connectivity index is 1.62. The maximum Gasteiger partial charge on any atom is 0.277 e. The molecule has 5 rings (SSSR count). The Morgan fingerprint density at radius 2 is 2.03 bits per heavy atom. The Morgan fingerprint density at radius 1 is 1.21 bits per heavy atom. The van der Waals surface area contributed by atoms with E-state index in [1.807, 2.05) is 19.1 Å². The molecule has 1 fully saturated rings. The lowest BCUT2D eigenvalue weighted by atomic mass is 10.2. The van der Waals surface area contributed by atoms with E-state index in [2.05, 4.69) is 20.0 Å². The first-order chi connectivity index (χ1) is 16.1. The molecule has 0 spiro atoms. The van der Waals surface area contributed by atoms with Crippen LogP contribution in [0.1, 0.15) is 18.7 Å². The van der Waals surface area contributed by atoms with Gasteiger partial charge in [-0.1, -0.05) is 23.7 Å². The second-order valence-electron chi connectivity index (χ2n) is 8.17. The summed E-state index contributed by atoms with van der Waals surface area (Å²) < 4.78 is 19.6. The van der Waals surface area contributed by atoms with Crippen molar-refractivity contribution in [2.45, 2.75) is 19.4 Å². The highest BCUT2D eigenvalue weighted by molar-refractivity contribution is 6.31. The standard InChI is InChI=1S/C22H25ClN6O4/c1-14(12-31-2)21-25-20(26-33-21)18-19-22(30)28(6-5-27-7-9-32-10-8-27)17-11-15(23)3-4-16(17)29(19)13-24-18/h3-4,11,13-14H,5-10,12H2,1-2H3. The molecule has 174 valence electrons. The molecule has 1 aliphatic heterocycles. The molecule has 4 heterocycles. The minimum absolute atomic E-state index is 0.0710. The second-order valence-corrected chi connectivity index (χ2v) is 8.60. The molecule has 33 heavy (non-hydrogen) atoms. The fourth-order valence-electron chi connectivity index (χ4n) is 4.19. The van der Waals surface area contributed by atoms with E-state index >= 15 is 0 Å². The number of methoxy groups -OCH3 is 1. The highest BCUT2D eigenvalue weighted by Gasteiger charge is 2.23. The van der Waals surface area contributed by atoms with Gasteiger partial charge in [0.15, 0.2) is 0 Å². The zero-order chi connectivity index (χ0) is 22.9. The third-order valence-electron chi connectivity index (χ3n) is 5.94. The molecule has 0 N–H and O–H groups in total. The van der Waals surface area contributed by atoms with Crippen LogP contribution in [-0.2, 0) is 16.0 Å². The summed E-state index contributed by atoms with van der Waals surface area (Å²) in [6.45, 7) is 6.72. The summed E-state index contributed by atoms with van der Waals surface area (Å²) in [6, 6.07) is 5.51. The van der Waals surface area contributed by atoms with E-state index in [0.717, 1.165) is 30.7 Å². The molecule has 4 aromatic rings. The van der Waals surface area contributed by atoms with Crippen molar-refractivity contribution >= 4 is 28.2 Å². The third kappa shape index (κ3) is 4.15. The summed E-state index contributed by atoms with van der Waals surface area (Å²) in [5.74, 6) is 0.645. The van der Waals surface area contributed by atoms with Crippen molar-refractivity contribution in [3.05, 3.63) is 45.8 Å². The van der Waals surface area contributed by atoms with Gasteiger partial charge in [-0.2, -0.15) is 4.98 Å². The minimum Gasteiger partial charge on any atom is -0.384 e. The van der Waals surface area contributed by atoms with Gasteiger partial charge in [-0.25, -0.2) is 4.98 Å². The number of halogens is 1. The number of hydrogen-bond acceptors (Lipinski definition) is 8. The average molecular weight is 473 g/mol. The van der Waals surface area contributed by atoms with Crippen molar-refractivity contribution in [3.8, 4) is 11.5 Å². The Morgan fingerprint density at radius 3 is 2.82 bits per heavy atom. The zero-order valence-corrected chi connectivity index (χ0v) is 19.3. The molecule has 11 heteroatoms. The van der Waals surface area contributed by atoms with Crippen LogP contribution in [0.4, 0.5) is 0 Å². The number of rotatable bonds is 7. The van der Waals surface area contributed by atoms with E-state index in [0.29, 0.717) is 48.5 Å². The second kappa shape index (κ2) is 9.22. The molecule has 1 aliphatic rings. The van der Waals surface area contributed by atoms with E-state index in [1.165, 1.54) is 0 Å². The molecule has 0 saturated carbocycles. The van der Waals surface area contributed by atoms with Gasteiger partial charge in [0.05, 0.1) is 36.8 Å². The van der Waals surface area contributed by atoms with Crippen LogP contribution in [0.2, 0.25) is 5.02 Å². The van der Waals surface area contributed by atoms with E-state index in [9.17, 15) is 4.79 Å². The fraction of sp³-hybridized carbons (Fsp3) is 0.455. The first-order valence-electron chi connectivity index (χ1n) is 10.9. The molecular formula is C22H25ClN6O4. The number of imidazole rings is 1. The Kier molecular flexibility index (Phi) is 6.15. The third-order valence-corrected chi connectivity index (χ3v) is 6.17. The summed E-state index contributed by atoms with van der Waals surface area (Å²) >= 11 is 6.29. The molecule has 0 aliphatic carbocycles. The maximum atomic E-state index is 13.7. The van der Waals surface area contributed by atoms with Crippen molar-refractivity contribution in [1.82, 2.24) is 29.0 Å². The molecule has 10 nitrogen and oxygen atoms in total. The molecule has 1 unspecified atom stereocenters. The number of morpholine rings is 1. The van der Waals surface area contributed by atoms with Gasteiger partial charge in [0, 0.05) is 38.3 Å². The van der Waals surface area contributed by atoms with Gasteiger partial charge >= 0.3 is 0 Å². The van der Waals surface area contributed by atoms with E-state index in [-0.39, 0.29) is 17.3 Å².